The normalized spacial score (nSPS) is 11.6. The second kappa shape index (κ2) is 6.44. The van der Waals surface area contributed by atoms with Gasteiger partial charge in [-0.3, -0.25) is 14.1 Å². The van der Waals surface area contributed by atoms with Gasteiger partial charge >= 0.3 is 0 Å². The predicted molar refractivity (Wildman–Crippen MR) is 86.4 cm³/mol. The lowest BCUT2D eigenvalue weighted by Gasteiger charge is -2.04. The van der Waals surface area contributed by atoms with E-state index in [4.69, 9.17) is 0 Å². The van der Waals surface area contributed by atoms with Gasteiger partial charge in [-0.2, -0.15) is 10.2 Å². The second-order valence-corrected chi connectivity index (χ2v) is 6.81. The van der Waals surface area contributed by atoms with E-state index in [9.17, 15) is 12.8 Å². The quantitative estimate of drug-likeness (QED) is 0.739. The molecule has 0 bridgehead atoms. The maximum absolute atomic E-state index is 13.6. The van der Waals surface area contributed by atoms with Gasteiger partial charge in [0.2, 0.25) is 0 Å². The lowest BCUT2D eigenvalue weighted by Crippen LogP contribution is -2.13. The SMILES string of the molecule is CCn1cc(S(=O)(=O)Nc2ccn(Cc3ccccc3F)n2)cn1. The highest BCUT2D eigenvalue weighted by atomic mass is 32.2. The molecule has 2 aromatic heterocycles. The smallest absolute Gasteiger partial charge is 0.266 e. The number of halogens is 1. The number of aromatic nitrogens is 4. The summed E-state index contributed by atoms with van der Waals surface area (Å²) in [7, 11) is -3.75. The van der Waals surface area contributed by atoms with Crippen molar-refractivity contribution in [3.63, 3.8) is 0 Å². The fraction of sp³-hybridized carbons (Fsp3) is 0.200. The highest BCUT2D eigenvalue weighted by Gasteiger charge is 2.17. The molecule has 24 heavy (non-hydrogen) atoms. The Morgan fingerprint density at radius 1 is 1.21 bits per heavy atom. The van der Waals surface area contributed by atoms with E-state index in [2.05, 4.69) is 14.9 Å². The van der Waals surface area contributed by atoms with E-state index in [0.29, 0.717) is 12.1 Å². The van der Waals surface area contributed by atoms with Crippen LogP contribution in [0.1, 0.15) is 12.5 Å². The molecule has 0 spiro atoms. The zero-order chi connectivity index (χ0) is 17.2. The Hall–Kier alpha value is -2.68. The highest BCUT2D eigenvalue weighted by Crippen LogP contribution is 2.15. The minimum Gasteiger partial charge on any atom is -0.272 e. The number of rotatable bonds is 6. The van der Waals surface area contributed by atoms with Crippen LogP contribution < -0.4 is 4.72 Å². The van der Waals surface area contributed by atoms with Gasteiger partial charge in [0.05, 0.1) is 12.7 Å². The molecule has 2 heterocycles. The number of hydrogen-bond donors (Lipinski definition) is 1. The Morgan fingerprint density at radius 2 is 2.00 bits per heavy atom. The average molecular weight is 349 g/mol. The highest BCUT2D eigenvalue weighted by molar-refractivity contribution is 7.92. The van der Waals surface area contributed by atoms with Gasteiger partial charge in [-0.1, -0.05) is 18.2 Å². The molecule has 7 nitrogen and oxygen atoms in total. The Bertz CT molecular complexity index is 948. The molecule has 126 valence electrons. The second-order valence-electron chi connectivity index (χ2n) is 5.13. The summed E-state index contributed by atoms with van der Waals surface area (Å²) < 4.78 is 43.6. The van der Waals surface area contributed by atoms with Crippen LogP contribution in [-0.4, -0.2) is 28.0 Å². The molecule has 0 radical (unpaired) electrons. The van der Waals surface area contributed by atoms with Crippen molar-refractivity contribution in [2.75, 3.05) is 4.72 Å². The number of nitrogens with one attached hydrogen (secondary N) is 1. The third-order valence-corrected chi connectivity index (χ3v) is 4.72. The summed E-state index contributed by atoms with van der Waals surface area (Å²) in [5.41, 5.74) is 0.472. The van der Waals surface area contributed by atoms with Crippen molar-refractivity contribution < 1.29 is 12.8 Å². The predicted octanol–water partition coefficient (Wildman–Crippen LogP) is 2.09. The van der Waals surface area contributed by atoms with Crippen molar-refractivity contribution in [2.45, 2.75) is 24.9 Å². The fourth-order valence-corrected chi connectivity index (χ4v) is 3.11. The molecule has 1 aromatic carbocycles. The molecule has 0 aliphatic rings. The van der Waals surface area contributed by atoms with E-state index in [-0.39, 0.29) is 23.1 Å². The van der Waals surface area contributed by atoms with Crippen LogP contribution in [0.5, 0.6) is 0 Å². The largest absolute Gasteiger partial charge is 0.272 e. The topological polar surface area (TPSA) is 81.8 Å². The molecule has 0 aliphatic carbocycles. The monoisotopic (exact) mass is 349 g/mol. The molecule has 1 N–H and O–H groups in total. The first-order chi connectivity index (χ1) is 11.5. The Balaban J connectivity index is 1.75. The Kier molecular flexibility index (Phi) is 4.34. The molecule has 3 aromatic rings. The Morgan fingerprint density at radius 3 is 2.71 bits per heavy atom. The fourth-order valence-electron chi connectivity index (χ4n) is 2.16. The van der Waals surface area contributed by atoms with Gasteiger partial charge in [-0.15, -0.1) is 0 Å². The van der Waals surface area contributed by atoms with Crippen molar-refractivity contribution in [2.24, 2.45) is 0 Å². The summed E-state index contributed by atoms with van der Waals surface area (Å²) in [5.74, 6) is -0.169. The molecule has 3 rings (SSSR count). The van der Waals surface area contributed by atoms with Gasteiger partial charge in [0, 0.05) is 30.6 Å². The van der Waals surface area contributed by atoms with Crippen molar-refractivity contribution in [3.05, 3.63) is 60.3 Å². The number of aryl methyl sites for hydroxylation is 1. The number of hydrogen-bond acceptors (Lipinski definition) is 4. The first-order valence-corrected chi connectivity index (χ1v) is 8.78. The number of nitrogens with zero attached hydrogens (tertiary/aromatic N) is 4. The zero-order valence-corrected chi connectivity index (χ0v) is 13.7. The summed E-state index contributed by atoms with van der Waals surface area (Å²) in [6, 6.07) is 7.88. The maximum atomic E-state index is 13.6. The molecular weight excluding hydrogens is 333 g/mol. The summed E-state index contributed by atoms with van der Waals surface area (Å²) in [6.07, 6.45) is 4.31. The van der Waals surface area contributed by atoms with Crippen LogP contribution >= 0.6 is 0 Å². The lowest BCUT2D eigenvalue weighted by atomic mass is 10.2. The van der Waals surface area contributed by atoms with Crippen molar-refractivity contribution in [1.82, 2.24) is 19.6 Å². The number of benzene rings is 1. The molecule has 0 amide bonds. The summed E-state index contributed by atoms with van der Waals surface area (Å²) >= 11 is 0. The van der Waals surface area contributed by atoms with E-state index < -0.39 is 10.0 Å². The zero-order valence-electron chi connectivity index (χ0n) is 12.9. The summed E-state index contributed by atoms with van der Waals surface area (Å²) in [4.78, 5) is 0.0630. The molecule has 9 heteroatoms. The minimum absolute atomic E-state index is 0.0630. The van der Waals surface area contributed by atoms with Gasteiger partial charge in [0.15, 0.2) is 5.82 Å². The summed E-state index contributed by atoms with van der Waals surface area (Å²) in [6.45, 7) is 2.65. The lowest BCUT2D eigenvalue weighted by molar-refractivity contribution is 0.585. The van der Waals surface area contributed by atoms with E-state index in [0.717, 1.165) is 0 Å². The summed E-state index contributed by atoms with van der Waals surface area (Å²) in [5, 5.41) is 8.06. The third kappa shape index (κ3) is 3.46. The minimum atomic E-state index is -3.75. The van der Waals surface area contributed by atoms with Crippen molar-refractivity contribution >= 4 is 15.8 Å². The maximum Gasteiger partial charge on any atom is 0.266 e. The first kappa shape index (κ1) is 16.2. The first-order valence-electron chi connectivity index (χ1n) is 7.30. The van der Waals surface area contributed by atoms with Crippen molar-refractivity contribution in [1.29, 1.82) is 0 Å². The van der Waals surface area contributed by atoms with Gasteiger partial charge in [-0.25, -0.2) is 12.8 Å². The molecule has 0 saturated heterocycles. The Labute approximate surface area is 138 Å². The molecule has 0 fully saturated rings. The van der Waals surface area contributed by atoms with Crippen LogP contribution in [0.15, 0.2) is 53.8 Å². The number of sulfonamides is 1. The van der Waals surface area contributed by atoms with Gasteiger partial charge < -0.3 is 0 Å². The van der Waals surface area contributed by atoms with Crippen LogP contribution in [0.25, 0.3) is 0 Å². The van der Waals surface area contributed by atoms with Gasteiger partial charge in [-0.05, 0) is 13.0 Å². The molecule has 0 unspecified atom stereocenters. The van der Waals surface area contributed by atoms with E-state index in [1.54, 1.807) is 24.4 Å². The van der Waals surface area contributed by atoms with Crippen LogP contribution in [0.4, 0.5) is 10.2 Å². The van der Waals surface area contributed by atoms with Crippen LogP contribution in [0.3, 0.4) is 0 Å². The van der Waals surface area contributed by atoms with Gasteiger partial charge in [0.1, 0.15) is 10.7 Å². The van der Waals surface area contributed by atoms with E-state index in [1.807, 2.05) is 6.92 Å². The van der Waals surface area contributed by atoms with Crippen LogP contribution in [0.2, 0.25) is 0 Å². The van der Waals surface area contributed by atoms with E-state index in [1.165, 1.54) is 33.9 Å². The molecule has 0 atom stereocenters. The standard InChI is InChI=1S/C15H16FN5O2S/c1-2-20-11-13(9-17-20)24(22,23)19-15-7-8-21(18-15)10-12-5-3-4-6-14(12)16/h3-9,11H,2,10H2,1H3,(H,18,19). The van der Waals surface area contributed by atoms with Gasteiger partial charge in [0.25, 0.3) is 10.0 Å². The van der Waals surface area contributed by atoms with Crippen molar-refractivity contribution in [3.8, 4) is 0 Å². The van der Waals surface area contributed by atoms with E-state index >= 15 is 0 Å². The molecular formula is C15H16FN5O2S. The van der Waals surface area contributed by atoms with Crippen LogP contribution in [0, 0.1) is 5.82 Å². The molecule has 0 saturated carbocycles. The number of anilines is 1. The molecule has 0 aliphatic heterocycles. The average Bonchev–Trinajstić information content (AvgIpc) is 3.19. The third-order valence-electron chi connectivity index (χ3n) is 3.41. The van der Waals surface area contributed by atoms with Crippen LogP contribution in [-0.2, 0) is 23.1 Å².